The predicted molar refractivity (Wildman–Crippen MR) is 115 cm³/mol. The summed E-state index contributed by atoms with van der Waals surface area (Å²) in [5.74, 6) is 2.20. The second kappa shape index (κ2) is 7.48. The molecule has 1 N–H and O–H groups in total. The Balaban J connectivity index is 1.86. The van der Waals surface area contributed by atoms with Crippen LogP contribution in [0.2, 0.25) is 0 Å². The molecule has 0 fully saturated rings. The second-order valence-corrected chi connectivity index (χ2v) is 7.37. The molecule has 0 atom stereocenters. The fourth-order valence-electron chi connectivity index (χ4n) is 3.32. The molecule has 2 heterocycles. The number of methoxy groups -OCH3 is 2. The van der Waals surface area contributed by atoms with E-state index in [1.165, 1.54) is 11.1 Å². The molecule has 0 aliphatic heterocycles. The molecule has 0 saturated carbocycles. The highest BCUT2D eigenvalue weighted by Gasteiger charge is 2.16. The lowest BCUT2D eigenvalue weighted by Gasteiger charge is -2.14. The first-order valence-corrected chi connectivity index (χ1v) is 9.78. The molecule has 0 unspecified atom stereocenters. The van der Waals surface area contributed by atoms with E-state index in [0.29, 0.717) is 11.5 Å². The molecule has 5 nitrogen and oxygen atoms in total. The van der Waals surface area contributed by atoms with Crippen molar-refractivity contribution in [3.8, 4) is 22.6 Å². The van der Waals surface area contributed by atoms with E-state index in [9.17, 15) is 0 Å². The van der Waals surface area contributed by atoms with E-state index in [2.05, 4.69) is 52.7 Å². The number of nitrogens with one attached hydrogen (secondary N) is 1. The summed E-state index contributed by atoms with van der Waals surface area (Å²) in [6.07, 6.45) is 1.60. The zero-order valence-corrected chi connectivity index (χ0v) is 17.1. The highest BCUT2D eigenvalue weighted by molar-refractivity contribution is 7.17. The number of nitrogens with zero attached hydrogens (tertiary/aromatic N) is 2. The van der Waals surface area contributed by atoms with Crippen LogP contribution in [0.3, 0.4) is 0 Å². The van der Waals surface area contributed by atoms with Crippen molar-refractivity contribution in [1.82, 2.24) is 9.97 Å². The quantitative estimate of drug-likeness (QED) is 0.470. The second-order valence-electron chi connectivity index (χ2n) is 6.51. The van der Waals surface area contributed by atoms with Crippen LogP contribution in [0.15, 0.2) is 48.1 Å². The Morgan fingerprint density at radius 3 is 2.39 bits per heavy atom. The van der Waals surface area contributed by atoms with Crippen LogP contribution in [0.5, 0.6) is 11.5 Å². The maximum absolute atomic E-state index is 5.48. The predicted octanol–water partition coefficient (Wildman–Crippen LogP) is 5.74. The molecule has 6 heteroatoms. The zero-order chi connectivity index (χ0) is 19.7. The van der Waals surface area contributed by atoms with Crippen LogP contribution < -0.4 is 14.8 Å². The minimum Gasteiger partial charge on any atom is -0.493 e. The van der Waals surface area contributed by atoms with Crippen LogP contribution in [0.25, 0.3) is 21.3 Å². The fraction of sp³-hybridized carbons (Fsp3) is 0.182. The van der Waals surface area contributed by atoms with Crippen molar-refractivity contribution >= 4 is 33.1 Å². The minimum atomic E-state index is 0.695. The number of rotatable bonds is 5. The summed E-state index contributed by atoms with van der Waals surface area (Å²) < 4.78 is 10.8. The Hall–Kier alpha value is -3.12. The van der Waals surface area contributed by atoms with Gasteiger partial charge in [-0.15, -0.1) is 11.3 Å². The first kappa shape index (κ1) is 18.3. The number of benzene rings is 2. The molecule has 4 aromatic rings. The van der Waals surface area contributed by atoms with Gasteiger partial charge in [-0.3, -0.25) is 0 Å². The molecule has 0 bridgehead atoms. The summed E-state index contributed by atoms with van der Waals surface area (Å²) in [5, 5.41) is 6.64. The van der Waals surface area contributed by atoms with Crippen molar-refractivity contribution in [1.29, 1.82) is 0 Å². The van der Waals surface area contributed by atoms with Gasteiger partial charge in [0.05, 0.1) is 19.6 Å². The van der Waals surface area contributed by atoms with Crippen LogP contribution in [-0.4, -0.2) is 24.2 Å². The van der Waals surface area contributed by atoms with E-state index in [0.717, 1.165) is 32.8 Å². The smallest absolute Gasteiger partial charge is 0.161 e. The van der Waals surface area contributed by atoms with Crippen LogP contribution in [0, 0.1) is 13.8 Å². The molecule has 0 radical (unpaired) electrons. The van der Waals surface area contributed by atoms with E-state index in [1.807, 2.05) is 18.2 Å². The lowest BCUT2D eigenvalue weighted by atomic mass is 10.0. The van der Waals surface area contributed by atoms with Gasteiger partial charge in [0.15, 0.2) is 11.5 Å². The van der Waals surface area contributed by atoms with Crippen molar-refractivity contribution < 1.29 is 9.47 Å². The molecule has 4 rings (SSSR count). The molecule has 0 spiro atoms. The van der Waals surface area contributed by atoms with E-state index in [4.69, 9.17) is 9.47 Å². The summed E-state index contributed by atoms with van der Waals surface area (Å²) in [7, 11) is 3.28. The summed E-state index contributed by atoms with van der Waals surface area (Å²) >= 11 is 1.60. The Kier molecular flexibility index (Phi) is 4.88. The van der Waals surface area contributed by atoms with Gasteiger partial charge in [0, 0.05) is 16.6 Å². The minimum absolute atomic E-state index is 0.695. The van der Waals surface area contributed by atoms with Gasteiger partial charge >= 0.3 is 0 Å². The molecule has 2 aromatic carbocycles. The van der Waals surface area contributed by atoms with Crippen molar-refractivity contribution in [2.45, 2.75) is 13.8 Å². The van der Waals surface area contributed by atoms with Gasteiger partial charge in [-0.05, 0) is 42.7 Å². The number of aromatic nitrogens is 2. The SMILES string of the molecule is COc1ccc(-c2csc3ncnc(Nc4c(C)cccc4C)c23)cc1OC. The number of aryl methyl sites for hydroxylation is 2. The number of hydrogen-bond acceptors (Lipinski definition) is 6. The maximum atomic E-state index is 5.48. The molecule has 0 amide bonds. The van der Waals surface area contributed by atoms with Gasteiger partial charge in [0.25, 0.3) is 0 Å². The lowest BCUT2D eigenvalue weighted by molar-refractivity contribution is 0.355. The Morgan fingerprint density at radius 1 is 0.929 bits per heavy atom. The summed E-state index contributed by atoms with van der Waals surface area (Å²) in [5.41, 5.74) is 5.52. The Morgan fingerprint density at radius 2 is 1.68 bits per heavy atom. The van der Waals surface area contributed by atoms with Crippen LogP contribution in [-0.2, 0) is 0 Å². The third-order valence-electron chi connectivity index (χ3n) is 4.79. The van der Waals surface area contributed by atoms with Crippen LogP contribution >= 0.6 is 11.3 Å². The topological polar surface area (TPSA) is 56.3 Å². The Labute approximate surface area is 168 Å². The zero-order valence-electron chi connectivity index (χ0n) is 16.2. The lowest BCUT2D eigenvalue weighted by Crippen LogP contribution is -1.99. The highest BCUT2D eigenvalue weighted by Crippen LogP contribution is 2.40. The molecule has 0 aliphatic rings. The number of hydrogen-bond donors (Lipinski definition) is 1. The molecule has 2 aromatic heterocycles. The first-order valence-electron chi connectivity index (χ1n) is 8.90. The standard InChI is InChI=1S/C22H21N3O2S/c1-13-6-5-7-14(2)20(13)25-21-19-16(11-28-22(19)24-12-23-21)15-8-9-17(26-3)18(10-15)27-4/h5-12H,1-4H3,(H,23,24,25). The number of fused-ring (bicyclic) bond motifs is 1. The van der Waals surface area contributed by atoms with E-state index < -0.39 is 0 Å². The molecule has 0 aliphatic carbocycles. The molecule has 0 saturated heterocycles. The summed E-state index contributed by atoms with van der Waals surface area (Å²) in [6, 6.07) is 12.2. The highest BCUT2D eigenvalue weighted by atomic mass is 32.1. The van der Waals surface area contributed by atoms with Gasteiger partial charge in [-0.2, -0.15) is 0 Å². The number of para-hydroxylation sites is 1. The van der Waals surface area contributed by atoms with E-state index in [1.54, 1.807) is 31.9 Å². The van der Waals surface area contributed by atoms with Crippen molar-refractivity contribution in [3.63, 3.8) is 0 Å². The van der Waals surface area contributed by atoms with Crippen LogP contribution in [0.1, 0.15) is 11.1 Å². The van der Waals surface area contributed by atoms with E-state index >= 15 is 0 Å². The Bertz CT molecular complexity index is 1130. The average Bonchev–Trinajstić information content (AvgIpc) is 3.15. The number of anilines is 2. The van der Waals surface area contributed by atoms with Crippen molar-refractivity contribution in [3.05, 3.63) is 59.2 Å². The normalized spacial score (nSPS) is 10.9. The van der Waals surface area contributed by atoms with Crippen molar-refractivity contribution in [2.75, 3.05) is 19.5 Å². The summed E-state index contributed by atoms with van der Waals surface area (Å²) in [4.78, 5) is 9.95. The maximum Gasteiger partial charge on any atom is 0.161 e. The molecular formula is C22H21N3O2S. The monoisotopic (exact) mass is 391 g/mol. The largest absolute Gasteiger partial charge is 0.493 e. The van der Waals surface area contributed by atoms with Crippen molar-refractivity contribution in [2.24, 2.45) is 0 Å². The molecular weight excluding hydrogens is 370 g/mol. The van der Waals surface area contributed by atoms with Gasteiger partial charge < -0.3 is 14.8 Å². The third-order valence-corrected chi connectivity index (χ3v) is 5.68. The average molecular weight is 391 g/mol. The van der Waals surface area contributed by atoms with Gasteiger partial charge in [0.1, 0.15) is 17.0 Å². The van der Waals surface area contributed by atoms with Gasteiger partial charge in [-0.1, -0.05) is 24.3 Å². The van der Waals surface area contributed by atoms with Crippen LogP contribution in [0.4, 0.5) is 11.5 Å². The fourth-order valence-corrected chi connectivity index (χ4v) is 4.23. The van der Waals surface area contributed by atoms with E-state index in [-0.39, 0.29) is 0 Å². The molecule has 142 valence electrons. The number of ether oxygens (including phenoxy) is 2. The third kappa shape index (κ3) is 3.16. The molecule has 28 heavy (non-hydrogen) atoms. The summed E-state index contributed by atoms with van der Waals surface area (Å²) in [6.45, 7) is 4.19. The number of thiophene rings is 1. The van der Waals surface area contributed by atoms with Gasteiger partial charge in [-0.25, -0.2) is 9.97 Å². The first-order chi connectivity index (χ1) is 13.6. The van der Waals surface area contributed by atoms with Gasteiger partial charge in [0.2, 0.25) is 0 Å².